The van der Waals surface area contributed by atoms with Crippen LogP contribution in [0.4, 0.5) is 0 Å². The molecule has 6 heteroatoms. The first-order valence-corrected chi connectivity index (χ1v) is 8.46. The number of ether oxygens (including phenoxy) is 2. The third-order valence-electron chi connectivity index (χ3n) is 3.34. The molecule has 0 aliphatic heterocycles. The number of halogens is 1. The number of rotatable bonds is 10. The number of hydrogen-bond acceptors (Lipinski definition) is 4. The zero-order valence-electron chi connectivity index (χ0n) is 15.2. The van der Waals surface area contributed by atoms with Gasteiger partial charge in [-0.2, -0.15) is 0 Å². The van der Waals surface area contributed by atoms with Crippen molar-refractivity contribution in [2.24, 2.45) is 5.73 Å². The molecule has 5 nitrogen and oxygen atoms in total. The third kappa shape index (κ3) is 6.97. The molecule has 0 aliphatic carbocycles. The van der Waals surface area contributed by atoms with Gasteiger partial charge in [-0.05, 0) is 44.4 Å². The number of benzene rings is 1. The van der Waals surface area contributed by atoms with Gasteiger partial charge in [-0.1, -0.05) is 19.9 Å². The molecular weight excluding hydrogens is 328 g/mol. The fourth-order valence-corrected chi connectivity index (χ4v) is 2.30. The van der Waals surface area contributed by atoms with Gasteiger partial charge < -0.3 is 20.1 Å². The van der Waals surface area contributed by atoms with E-state index in [1.807, 2.05) is 25.1 Å². The van der Waals surface area contributed by atoms with Gasteiger partial charge in [-0.3, -0.25) is 4.79 Å². The van der Waals surface area contributed by atoms with Crippen molar-refractivity contribution in [2.75, 3.05) is 19.8 Å². The SMILES string of the molecule is CCCOc1ccc(CN(CCC)C(=O)[C@H](C)N)cc1OCC.Cl. The Bertz CT molecular complexity index is 495. The molecule has 1 aromatic carbocycles. The van der Waals surface area contributed by atoms with Crippen LogP contribution in [-0.2, 0) is 11.3 Å². The maximum absolute atomic E-state index is 12.2. The van der Waals surface area contributed by atoms with Crippen molar-refractivity contribution < 1.29 is 14.3 Å². The fourth-order valence-electron chi connectivity index (χ4n) is 2.30. The van der Waals surface area contributed by atoms with Gasteiger partial charge in [-0.25, -0.2) is 0 Å². The monoisotopic (exact) mass is 358 g/mol. The lowest BCUT2D eigenvalue weighted by atomic mass is 10.1. The fraction of sp³-hybridized carbons (Fsp3) is 0.611. The van der Waals surface area contributed by atoms with E-state index in [1.165, 1.54) is 0 Å². The van der Waals surface area contributed by atoms with Crippen LogP contribution < -0.4 is 15.2 Å². The van der Waals surface area contributed by atoms with E-state index < -0.39 is 6.04 Å². The Hall–Kier alpha value is -1.46. The van der Waals surface area contributed by atoms with Crippen molar-refractivity contribution in [3.8, 4) is 11.5 Å². The summed E-state index contributed by atoms with van der Waals surface area (Å²) in [6.45, 7) is 10.2. The zero-order chi connectivity index (χ0) is 17.2. The van der Waals surface area contributed by atoms with Crippen molar-refractivity contribution in [1.82, 2.24) is 4.90 Å². The van der Waals surface area contributed by atoms with E-state index in [0.717, 1.165) is 29.9 Å². The van der Waals surface area contributed by atoms with E-state index in [0.29, 0.717) is 26.3 Å². The van der Waals surface area contributed by atoms with Crippen LogP contribution in [-0.4, -0.2) is 36.6 Å². The lowest BCUT2D eigenvalue weighted by molar-refractivity contribution is -0.132. The highest BCUT2D eigenvalue weighted by atomic mass is 35.5. The van der Waals surface area contributed by atoms with E-state index in [1.54, 1.807) is 11.8 Å². The van der Waals surface area contributed by atoms with Gasteiger partial charge in [0.05, 0.1) is 19.3 Å². The minimum Gasteiger partial charge on any atom is -0.490 e. The minimum absolute atomic E-state index is 0. The van der Waals surface area contributed by atoms with Gasteiger partial charge >= 0.3 is 0 Å². The summed E-state index contributed by atoms with van der Waals surface area (Å²) >= 11 is 0. The first-order valence-electron chi connectivity index (χ1n) is 8.46. The van der Waals surface area contributed by atoms with Gasteiger partial charge in [0.2, 0.25) is 5.91 Å². The highest BCUT2D eigenvalue weighted by Crippen LogP contribution is 2.29. The molecule has 0 spiro atoms. The van der Waals surface area contributed by atoms with Gasteiger partial charge in [0.15, 0.2) is 11.5 Å². The summed E-state index contributed by atoms with van der Waals surface area (Å²) in [4.78, 5) is 14.0. The minimum atomic E-state index is -0.486. The summed E-state index contributed by atoms with van der Waals surface area (Å²) in [5, 5.41) is 0. The average molecular weight is 359 g/mol. The second-order valence-electron chi connectivity index (χ2n) is 5.61. The predicted molar refractivity (Wildman–Crippen MR) is 100 cm³/mol. The van der Waals surface area contributed by atoms with Crippen LogP contribution >= 0.6 is 12.4 Å². The molecular formula is C18H31ClN2O3. The van der Waals surface area contributed by atoms with Crippen LogP contribution in [0, 0.1) is 0 Å². The van der Waals surface area contributed by atoms with Crippen LogP contribution in [0.1, 0.15) is 46.1 Å². The molecule has 2 N–H and O–H groups in total. The maximum atomic E-state index is 12.2. The average Bonchev–Trinajstić information content (AvgIpc) is 2.53. The maximum Gasteiger partial charge on any atom is 0.239 e. The van der Waals surface area contributed by atoms with Crippen molar-refractivity contribution in [1.29, 1.82) is 0 Å². The Labute approximate surface area is 151 Å². The third-order valence-corrected chi connectivity index (χ3v) is 3.34. The molecule has 24 heavy (non-hydrogen) atoms. The predicted octanol–water partition coefficient (Wildman–Crippen LogP) is 3.38. The lowest BCUT2D eigenvalue weighted by Crippen LogP contribution is -2.42. The van der Waals surface area contributed by atoms with Gasteiger partial charge in [0, 0.05) is 13.1 Å². The molecule has 0 unspecified atom stereocenters. The molecule has 1 atom stereocenters. The summed E-state index contributed by atoms with van der Waals surface area (Å²) in [5.74, 6) is 1.44. The smallest absolute Gasteiger partial charge is 0.239 e. The van der Waals surface area contributed by atoms with Crippen LogP contribution in [0.15, 0.2) is 18.2 Å². The number of nitrogens with two attached hydrogens (primary N) is 1. The number of nitrogens with zero attached hydrogens (tertiary/aromatic N) is 1. The molecule has 0 radical (unpaired) electrons. The van der Waals surface area contributed by atoms with Gasteiger partial charge in [0.25, 0.3) is 0 Å². The normalized spacial score (nSPS) is 11.4. The van der Waals surface area contributed by atoms with E-state index in [-0.39, 0.29) is 18.3 Å². The topological polar surface area (TPSA) is 64.8 Å². The Balaban J connectivity index is 0.00000529. The number of amides is 1. The molecule has 0 aromatic heterocycles. The summed E-state index contributed by atoms with van der Waals surface area (Å²) in [5.41, 5.74) is 6.76. The van der Waals surface area contributed by atoms with Crippen molar-refractivity contribution in [3.05, 3.63) is 23.8 Å². The van der Waals surface area contributed by atoms with Crippen LogP contribution in [0.5, 0.6) is 11.5 Å². The first-order chi connectivity index (χ1) is 11.0. The van der Waals surface area contributed by atoms with E-state index in [2.05, 4.69) is 13.8 Å². The lowest BCUT2D eigenvalue weighted by Gasteiger charge is -2.24. The van der Waals surface area contributed by atoms with E-state index in [4.69, 9.17) is 15.2 Å². The van der Waals surface area contributed by atoms with E-state index >= 15 is 0 Å². The van der Waals surface area contributed by atoms with Crippen molar-refractivity contribution >= 4 is 18.3 Å². The van der Waals surface area contributed by atoms with Crippen LogP contribution in [0.2, 0.25) is 0 Å². The van der Waals surface area contributed by atoms with E-state index in [9.17, 15) is 4.79 Å². The molecule has 138 valence electrons. The van der Waals surface area contributed by atoms with Gasteiger partial charge in [-0.15, -0.1) is 12.4 Å². The Morgan fingerprint density at radius 1 is 1.17 bits per heavy atom. The molecule has 0 saturated carbocycles. The van der Waals surface area contributed by atoms with Crippen LogP contribution in [0.25, 0.3) is 0 Å². The summed E-state index contributed by atoms with van der Waals surface area (Å²) in [7, 11) is 0. The number of hydrogen-bond donors (Lipinski definition) is 1. The molecule has 0 fully saturated rings. The Kier molecular flexibility index (Phi) is 11.3. The summed E-state index contributed by atoms with van der Waals surface area (Å²) in [6.07, 6.45) is 1.84. The second-order valence-corrected chi connectivity index (χ2v) is 5.61. The highest BCUT2D eigenvalue weighted by Gasteiger charge is 2.17. The Morgan fingerprint density at radius 2 is 1.88 bits per heavy atom. The summed E-state index contributed by atoms with van der Waals surface area (Å²) < 4.78 is 11.4. The highest BCUT2D eigenvalue weighted by molar-refractivity contribution is 5.85. The molecule has 1 aromatic rings. The molecule has 0 bridgehead atoms. The number of carbonyl (C=O) groups excluding carboxylic acids is 1. The molecule has 0 saturated heterocycles. The van der Waals surface area contributed by atoms with Crippen molar-refractivity contribution in [2.45, 2.75) is 53.1 Å². The molecule has 0 aliphatic rings. The summed E-state index contributed by atoms with van der Waals surface area (Å²) in [6, 6.07) is 5.35. The van der Waals surface area contributed by atoms with Gasteiger partial charge in [0.1, 0.15) is 0 Å². The second kappa shape index (κ2) is 12.0. The largest absolute Gasteiger partial charge is 0.490 e. The molecule has 0 heterocycles. The standard InChI is InChI=1S/C18H30N2O3.ClH/c1-5-10-20(18(21)14(4)19)13-15-8-9-16(23-11-6-2)17(12-15)22-7-3;/h8-9,12,14H,5-7,10-11,13,19H2,1-4H3;1H/t14-;/m0./s1. The zero-order valence-corrected chi connectivity index (χ0v) is 16.0. The first kappa shape index (κ1) is 22.5. The molecule has 1 amide bonds. The van der Waals surface area contributed by atoms with Crippen LogP contribution in [0.3, 0.4) is 0 Å². The van der Waals surface area contributed by atoms with Crippen molar-refractivity contribution in [3.63, 3.8) is 0 Å². The molecule has 1 rings (SSSR count). The number of carbonyl (C=O) groups is 1. The Morgan fingerprint density at radius 3 is 2.42 bits per heavy atom. The quantitative estimate of drug-likeness (QED) is 0.696.